The lowest BCUT2D eigenvalue weighted by Gasteiger charge is -2.07. The SMILES string of the molecule is O=[N+]([O-])c1cccc(Cc2cc(O)c(O)cc2O)c1. The summed E-state index contributed by atoms with van der Waals surface area (Å²) in [6.07, 6.45) is 0.210. The Hall–Kier alpha value is -2.76. The predicted molar refractivity (Wildman–Crippen MR) is 67.3 cm³/mol. The highest BCUT2D eigenvalue weighted by Crippen LogP contribution is 2.33. The number of phenolic OH excluding ortho intramolecular Hbond substituents is 3. The molecule has 2 aromatic rings. The summed E-state index contributed by atoms with van der Waals surface area (Å²) in [7, 11) is 0. The molecule has 0 aliphatic rings. The van der Waals surface area contributed by atoms with Crippen LogP contribution in [0.1, 0.15) is 11.1 Å². The number of benzene rings is 2. The van der Waals surface area contributed by atoms with E-state index in [1.54, 1.807) is 12.1 Å². The molecule has 0 saturated heterocycles. The van der Waals surface area contributed by atoms with Crippen molar-refractivity contribution in [3.63, 3.8) is 0 Å². The molecule has 0 unspecified atom stereocenters. The largest absolute Gasteiger partial charge is 0.508 e. The van der Waals surface area contributed by atoms with Crippen molar-refractivity contribution in [2.24, 2.45) is 0 Å². The van der Waals surface area contributed by atoms with Crippen molar-refractivity contribution in [2.45, 2.75) is 6.42 Å². The van der Waals surface area contributed by atoms with E-state index in [1.165, 1.54) is 18.2 Å². The molecule has 6 heteroatoms. The van der Waals surface area contributed by atoms with Gasteiger partial charge in [0.1, 0.15) is 5.75 Å². The Kier molecular flexibility index (Phi) is 3.24. The molecule has 6 nitrogen and oxygen atoms in total. The zero-order valence-corrected chi connectivity index (χ0v) is 9.78. The van der Waals surface area contributed by atoms with Gasteiger partial charge in [-0.2, -0.15) is 0 Å². The van der Waals surface area contributed by atoms with Crippen LogP contribution in [0.5, 0.6) is 17.2 Å². The van der Waals surface area contributed by atoms with Crippen LogP contribution >= 0.6 is 0 Å². The van der Waals surface area contributed by atoms with Gasteiger partial charge < -0.3 is 15.3 Å². The maximum atomic E-state index is 10.7. The van der Waals surface area contributed by atoms with E-state index in [-0.39, 0.29) is 23.6 Å². The number of hydrogen-bond acceptors (Lipinski definition) is 5. The van der Waals surface area contributed by atoms with Gasteiger partial charge in [0.15, 0.2) is 11.5 Å². The van der Waals surface area contributed by atoms with Crippen LogP contribution in [0.2, 0.25) is 0 Å². The van der Waals surface area contributed by atoms with Crippen molar-refractivity contribution >= 4 is 5.69 Å². The minimum atomic E-state index is -0.502. The smallest absolute Gasteiger partial charge is 0.269 e. The molecular weight excluding hydrogens is 250 g/mol. The minimum Gasteiger partial charge on any atom is -0.508 e. The lowest BCUT2D eigenvalue weighted by Crippen LogP contribution is -1.92. The summed E-state index contributed by atoms with van der Waals surface area (Å²) in [5.74, 6) is -0.944. The van der Waals surface area contributed by atoms with Gasteiger partial charge in [-0.1, -0.05) is 12.1 Å². The van der Waals surface area contributed by atoms with E-state index in [4.69, 9.17) is 0 Å². The third-order valence-corrected chi connectivity index (χ3v) is 2.69. The van der Waals surface area contributed by atoms with E-state index in [2.05, 4.69) is 0 Å². The molecule has 0 aliphatic heterocycles. The Morgan fingerprint density at radius 3 is 2.37 bits per heavy atom. The molecule has 0 bridgehead atoms. The highest BCUT2D eigenvalue weighted by molar-refractivity contribution is 5.50. The molecule has 0 amide bonds. The van der Waals surface area contributed by atoms with E-state index in [0.717, 1.165) is 6.07 Å². The number of rotatable bonds is 3. The Balaban J connectivity index is 2.33. The van der Waals surface area contributed by atoms with Gasteiger partial charge >= 0.3 is 0 Å². The second-order valence-corrected chi connectivity index (χ2v) is 4.07. The van der Waals surface area contributed by atoms with Gasteiger partial charge in [-0.05, 0) is 11.6 Å². The first-order chi connectivity index (χ1) is 8.97. The molecule has 98 valence electrons. The molecule has 19 heavy (non-hydrogen) atoms. The molecule has 2 rings (SSSR count). The Labute approximate surface area is 108 Å². The van der Waals surface area contributed by atoms with Gasteiger partial charge in [0.05, 0.1) is 4.92 Å². The number of hydrogen-bond donors (Lipinski definition) is 3. The van der Waals surface area contributed by atoms with E-state index in [1.807, 2.05) is 0 Å². The summed E-state index contributed by atoms with van der Waals surface area (Å²) in [5, 5.41) is 38.9. The Bertz CT molecular complexity index is 639. The van der Waals surface area contributed by atoms with Crippen LogP contribution in [-0.4, -0.2) is 20.2 Å². The number of aromatic hydroxyl groups is 3. The zero-order valence-electron chi connectivity index (χ0n) is 9.78. The molecule has 0 saturated carbocycles. The summed E-state index contributed by atoms with van der Waals surface area (Å²) < 4.78 is 0. The summed E-state index contributed by atoms with van der Waals surface area (Å²) in [6, 6.07) is 8.24. The standard InChI is InChI=1S/C13H11NO5/c15-11-7-13(17)12(16)6-9(11)4-8-2-1-3-10(5-8)14(18)19/h1-3,5-7,15-17H,4H2. The van der Waals surface area contributed by atoms with Crippen molar-refractivity contribution in [3.8, 4) is 17.2 Å². The topological polar surface area (TPSA) is 104 Å². The average molecular weight is 261 g/mol. The van der Waals surface area contributed by atoms with Gasteiger partial charge in [0.2, 0.25) is 0 Å². The van der Waals surface area contributed by atoms with Gasteiger partial charge in [0, 0.05) is 30.2 Å². The fourth-order valence-corrected chi connectivity index (χ4v) is 1.75. The van der Waals surface area contributed by atoms with E-state index in [0.29, 0.717) is 11.1 Å². The highest BCUT2D eigenvalue weighted by Gasteiger charge is 2.11. The molecular formula is C13H11NO5. The highest BCUT2D eigenvalue weighted by atomic mass is 16.6. The quantitative estimate of drug-likeness (QED) is 0.340. The minimum absolute atomic E-state index is 0.0417. The first-order valence-electron chi connectivity index (χ1n) is 5.44. The van der Waals surface area contributed by atoms with Crippen molar-refractivity contribution in [1.82, 2.24) is 0 Å². The Morgan fingerprint density at radius 1 is 1.00 bits per heavy atom. The van der Waals surface area contributed by atoms with Crippen LogP contribution in [0.25, 0.3) is 0 Å². The summed E-state index contributed by atoms with van der Waals surface area (Å²) in [6.45, 7) is 0. The molecule has 0 heterocycles. The molecule has 0 aromatic heterocycles. The first-order valence-corrected chi connectivity index (χ1v) is 5.44. The average Bonchev–Trinajstić information content (AvgIpc) is 2.36. The number of non-ortho nitro benzene ring substituents is 1. The molecule has 2 aromatic carbocycles. The maximum Gasteiger partial charge on any atom is 0.269 e. The summed E-state index contributed by atoms with van der Waals surface area (Å²) >= 11 is 0. The lowest BCUT2D eigenvalue weighted by molar-refractivity contribution is -0.384. The number of nitro groups is 1. The van der Waals surface area contributed by atoms with Gasteiger partial charge in [-0.3, -0.25) is 10.1 Å². The van der Waals surface area contributed by atoms with Crippen LogP contribution in [0.15, 0.2) is 36.4 Å². The second kappa shape index (κ2) is 4.85. The van der Waals surface area contributed by atoms with E-state index < -0.39 is 10.7 Å². The van der Waals surface area contributed by atoms with Gasteiger partial charge in [-0.15, -0.1) is 0 Å². The molecule has 0 aliphatic carbocycles. The van der Waals surface area contributed by atoms with Crippen molar-refractivity contribution in [2.75, 3.05) is 0 Å². The molecule has 0 radical (unpaired) electrons. The summed E-state index contributed by atoms with van der Waals surface area (Å²) in [4.78, 5) is 10.2. The third kappa shape index (κ3) is 2.74. The summed E-state index contributed by atoms with van der Waals surface area (Å²) in [5.41, 5.74) is 0.949. The van der Waals surface area contributed by atoms with Crippen LogP contribution in [0, 0.1) is 10.1 Å². The number of nitrogens with zero attached hydrogens (tertiary/aromatic N) is 1. The van der Waals surface area contributed by atoms with Crippen LogP contribution in [0.4, 0.5) is 5.69 Å². The van der Waals surface area contributed by atoms with Crippen LogP contribution in [0.3, 0.4) is 0 Å². The predicted octanol–water partition coefficient (Wildman–Crippen LogP) is 2.30. The van der Waals surface area contributed by atoms with Crippen molar-refractivity contribution in [1.29, 1.82) is 0 Å². The number of phenols is 3. The van der Waals surface area contributed by atoms with E-state index in [9.17, 15) is 25.4 Å². The third-order valence-electron chi connectivity index (χ3n) is 2.69. The fourth-order valence-electron chi connectivity index (χ4n) is 1.75. The van der Waals surface area contributed by atoms with E-state index >= 15 is 0 Å². The fraction of sp³-hybridized carbons (Fsp3) is 0.0769. The van der Waals surface area contributed by atoms with Crippen LogP contribution in [-0.2, 0) is 6.42 Å². The number of nitro benzene ring substituents is 1. The first kappa shape index (κ1) is 12.7. The molecule has 0 spiro atoms. The molecule has 0 atom stereocenters. The van der Waals surface area contributed by atoms with Gasteiger partial charge in [-0.25, -0.2) is 0 Å². The van der Waals surface area contributed by atoms with Gasteiger partial charge in [0.25, 0.3) is 5.69 Å². The monoisotopic (exact) mass is 261 g/mol. The second-order valence-electron chi connectivity index (χ2n) is 4.07. The lowest BCUT2D eigenvalue weighted by atomic mass is 10.0. The Morgan fingerprint density at radius 2 is 1.68 bits per heavy atom. The molecule has 0 fully saturated rings. The maximum absolute atomic E-state index is 10.7. The van der Waals surface area contributed by atoms with Crippen molar-refractivity contribution < 1.29 is 20.2 Å². The normalized spacial score (nSPS) is 10.3. The van der Waals surface area contributed by atoms with Crippen molar-refractivity contribution in [3.05, 3.63) is 57.6 Å². The van der Waals surface area contributed by atoms with Crippen LogP contribution < -0.4 is 0 Å². The zero-order chi connectivity index (χ0) is 14.0. The molecule has 3 N–H and O–H groups in total.